The van der Waals surface area contributed by atoms with Crippen LogP contribution in [0.25, 0.3) is 0 Å². The van der Waals surface area contributed by atoms with E-state index in [9.17, 15) is 0 Å². The Balaban J connectivity index is 1.86. The fourth-order valence-corrected chi connectivity index (χ4v) is 2.95. The second kappa shape index (κ2) is 11.3. The van der Waals surface area contributed by atoms with Gasteiger partial charge in [-0.1, -0.05) is 37.2 Å². The number of rotatable bonds is 10. The van der Waals surface area contributed by atoms with E-state index in [0.717, 1.165) is 61.9 Å². The lowest BCUT2D eigenvalue weighted by molar-refractivity contribution is 0.380. The number of guanidine groups is 1. The summed E-state index contributed by atoms with van der Waals surface area (Å²) in [6, 6.07) is 10.4. The summed E-state index contributed by atoms with van der Waals surface area (Å²) in [5, 5.41) is 10.9. The lowest BCUT2D eigenvalue weighted by atomic mass is 10.1. The molecule has 0 amide bonds. The molecular formula is C21H33N5O. The molecule has 0 radical (unpaired) electrons. The molecule has 1 aromatic carbocycles. The number of para-hydroxylation sites is 1. The maximum atomic E-state index is 5.43. The zero-order valence-electron chi connectivity index (χ0n) is 17.1. The Bertz CT molecular complexity index is 674. The van der Waals surface area contributed by atoms with E-state index >= 15 is 0 Å². The molecule has 0 aliphatic rings. The lowest BCUT2D eigenvalue weighted by Crippen LogP contribution is -2.38. The van der Waals surface area contributed by atoms with E-state index in [1.54, 1.807) is 0 Å². The Morgan fingerprint density at radius 2 is 1.89 bits per heavy atom. The van der Waals surface area contributed by atoms with Gasteiger partial charge in [-0.25, -0.2) is 4.99 Å². The molecule has 0 bridgehead atoms. The summed E-state index contributed by atoms with van der Waals surface area (Å²) >= 11 is 0. The van der Waals surface area contributed by atoms with Gasteiger partial charge in [0, 0.05) is 44.4 Å². The van der Waals surface area contributed by atoms with Crippen LogP contribution in [-0.4, -0.2) is 37.8 Å². The maximum absolute atomic E-state index is 5.43. The standard InChI is InChI=1S/C21H33N5O/c1-5-19-18(20(6-2)27-25-19)16-24-21(22-7-3)23-14-11-15-26(4)17-12-9-8-10-13-17/h8-10,12-13H,5-7,11,14-16H2,1-4H3,(H2,22,23,24). The van der Waals surface area contributed by atoms with Crippen molar-refractivity contribution < 1.29 is 4.52 Å². The molecule has 1 aromatic heterocycles. The fourth-order valence-electron chi connectivity index (χ4n) is 2.95. The van der Waals surface area contributed by atoms with Crippen molar-refractivity contribution in [2.75, 3.05) is 31.6 Å². The van der Waals surface area contributed by atoms with Gasteiger partial charge in [0.25, 0.3) is 0 Å². The Morgan fingerprint density at radius 1 is 1.11 bits per heavy atom. The molecule has 0 saturated heterocycles. The highest BCUT2D eigenvalue weighted by molar-refractivity contribution is 5.79. The molecule has 1 heterocycles. The lowest BCUT2D eigenvalue weighted by Gasteiger charge is -2.19. The third-order valence-electron chi connectivity index (χ3n) is 4.51. The number of aryl methyl sites for hydroxylation is 2. The largest absolute Gasteiger partial charge is 0.375 e. The van der Waals surface area contributed by atoms with Gasteiger partial charge in [-0.2, -0.15) is 0 Å². The summed E-state index contributed by atoms with van der Waals surface area (Å²) in [6.07, 6.45) is 2.74. The summed E-state index contributed by atoms with van der Waals surface area (Å²) in [7, 11) is 2.12. The van der Waals surface area contributed by atoms with Gasteiger partial charge >= 0.3 is 0 Å². The molecule has 148 valence electrons. The molecule has 2 N–H and O–H groups in total. The number of hydrogen-bond acceptors (Lipinski definition) is 4. The first-order chi connectivity index (χ1) is 13.2. The van der Waals surface area contributed by atoms with E-state index in [0.29, 0.717) is 6.54 Å². The zero-order chi connectivity index (χ0) is 19.5. The van der Waals surface area contributed by atoms with Crippen LogP contribution in [0.4, 0.5) is 5.69 Å². The summed E-state index contributed by atoms with van der Waals surface area (Å²) in [5.74, 6) is 1.78. The van der Waals surface area contributed by atoms with Crippen molar-refractivity contribution in [3.8, 4) is 0 Å². The zero-order valence-corrected chi connectivity index (χ0v) is 17.1. The van der Waals surface area contributed by atoms with E-state index in [1.165, 1.54) is 5.69 Å². The highest BCUT2D eigenvalue weighted by Gasteiger charge is 2.13. The molecule has 6 nitrogen and oxygen atoms in total. The maximum Gasteiger partial charge on any atom is 0.191 e. The van der Waals surface area contributed by atoms with Gasteiger partial charge in [0.05, 0.1) is 12.2 Å². The van der Waals surface area contributed by atoms with Gasteiger partial charge in [0.1, 0.15) is 5.76 Å². The number of anilines is 1. The monoisotopic (exact) mass is 371 g/mol. The van der Waals surface area contributed by atoms with Crippen molar-refractivity contribution in [2.24, 2.45) is 4.99 Å². The molecule has 6 heteroatoms. The third kappa shape index (κ3) is 6.31. The van der Waals surface area contributed by atoms with Crippen LogP contribution >= 0.6 is 0 Å². The average molecular weight is 372 g/mol. The molecule has 2 aromatic rings. The van der Waals surface area contributed by atoms with Gasteiger partial charge in [-0.05, 0) is 31.9 Å². The SMILES string of the molecule is CCNC(=NCc1c(CC)noc1CC)NCCCN(C)c1ccccc1. The number of nitrogens with one attached hydrogen (secondary N) is 2. The van der Waals surface area contributed by atoms with Crippen LogP contribution in [0.1, 0.15) is 44.2 Å². The number of aliphatic imine (C=N–C) groups is 1. The van der Waals surface area contributed by atoms with Crippen LogP contribution in [0.5, 0.6) is 0 Å². The van der Waals surface area contributed by atoms with Crippen molar-refractivity contribution in [1.82, 2.24) is 15.8 Å². The Morgan fingerprint density at radius 3 is 2.56 bits per heavy atom. The van der Waals surface area contributed by atoms with Crippen molar-refractivity contribution in [1.29, 1.82) is 0 Å². The van der Waals surface area contributed by atoms with Crippen LogP contribution in [0.15, 0.2) is 39.8 Å². The van der Waals surface area contributed by atoms with Crippen molar-refractivity contribution in [3.63, 3.8) is 0 Å². The van der Waals surface area contributed by atoms with Crippen molar-refractivity contribution in [2.45, 2.75) is 46.6 Å². The molecule has 0 atom stereocenters. The average Bonchev–Trinajstić information content (AvgIpc) is 3.11. The van der Waals surface area contributed by atoms with Crippen LogP contribution in [0.3, 0.4) is 0 Å². The minimum Gasteiger partial charge on any atom is -0.375 e. The third-order valence-corrected chi connectivity index (χ3v) is 4.51. The van der Waals surface area contributed by atoms with E-state index in [2.05, 4.69) is 72.8 Å². The minimum atomic E-state index is 0.592. The molecule has 0 aliphatic heterocycles. The van der Waals surface area contributed by atoms with Crippen LogP contribution in [0, 0.1) is 0 Å². The number of aromatic nitrogens is 1. The van der Waals surface area contributed by atoms with Crippen LogP contribution in [0.2, 0.25) is 0 Å². The van der Waals surface area contributed by atoms with E-state index in [-0.39, 0.29) is 0 Å². The van der Waals surface area contributed by atoms with E-state index in [1.807, 2.05) is 6.07 Å². The number of benzene rings is 1. The van der Waals surface area contributed by atoms with Crippen LogP contribution in [-0.2, 0) is 19.4 Å². The quantitative estimate of drug-likeness (QED) is 0.381. The fraction of sp³-hybridized carbons (Fsp3) is 0.524. The number of nitrogens with zero attached hydrogens (tertiary/aromatic N) is 3. The highest BCUT2D eigenvalue weighted by Crippen LogP contribution is 2.16. The molecular weight excluding hydrogens is 338 g/mol. The topological polar surface area (TPSA) is 65.7 Å². The summed E-state index contributed by atoms with van der Waals surface area (Å²) in [6.45, 7) is 9.54. The molecule has 0 spiro atoms. The predicted molar refractivity (Wildman–Crippen MR) is 112 cm³/mol. The number of hydrogen-bond donors (Lipinski definition) is 2. The molecule has 27 heavy (non-hydrogen) atoms. The van der Waals surface area contributed by atoms with E-state index in [4.69, 9.17) is 9.52 Å². The van der Waals surface area contributed by atoms with Crippen molar-refractivity contribution in [3.05, 3.63) is 47.3 Å². The highest BCUT2D eigenvalue weighted by atomic mass is 16.5. The Hall–Kier alpha value is -2.50. The normalized spacial score (nSPS) is 11.5. The molecule has 0 fully saturated rings. The second-order valence-electron chi connectivity index (χ2n) is 6.47. The molecule has 0 unspecified atom stereocenters. The van der Waals surface area contributed by atoms with Gasteiger partial charge in [-0.15, -0.1) is 0 Å². The Labute approximate surface area is 163 Å². The smallest absolute Gasteiger partial charge is 0.191 e. The first kappa shape index (κ1) is 20.8. The van der Waals surface area contributed by atoms with Gasteiger partial charge in [-0.3, -0.25) is 0 Å². The van der Waals surface area contributed by atoms with Crippen LogP contribution < -0.4 is 15.5 Å². The summed E-state index contributed by atoms with van der Waals surface area (Å²) < 4.78 is 5.43. The molecule has 0 saturated carbocycles. The van der Waals surface area contributed by atoms with Gasteiger partial charge in [0.2, 0.25) is 0 Å². The predicted octanol–water partition coefficient (Wildman–Crippen LogP) is 3.38. The first-order valence-corrected chi connectivity index (χ1v) is 9.94. The van der Waals surface area contributed by atoms with Gasteiger partial charge in [0.15, 0.2) is 5.96 Å². The Kier molecular flexibility index (Phi) is 8.68. The van der Waals surface area contributed by atoms with Crippen molar-refractivity contribution >= 4 is 11.6 Å². The minimum absolute atomic E-state index is 0.592. The van der Waals surface area contributed by atoms with Gasteiger partial charge < -0.3 is 20.1 Å². The summed E-state index contributed by atoms with van der Waals surface area (Å²) in [4.78, 5) is 7.00. The first-order valence-electron chi connectivity index (χ1n) is 9.94. The molecule has 2 rings (SSSR count). The molecule has 0 aliphatic carbocycles. The summed E-state index contributed by atoms with van der Waals surface area (Å²) in [5.41, 5.74) is 3.38. The van der Waals surface area contributed by atoms with E-state index < -0.39 is 0 Å². The second-order valence-corrected chi connectivity index (χ2v) is 6.47.